The van der Waals surface area contributed by atoms with Crippen LogP contribution in [0.2, 0.25) is 0 Å². The Hall–Kier alpha value is 2.91. The van der Waals surface area contributed by atoms with E-state index in [1.165, 1.54) is 5.38 Å². The van der Waals surface area contributed by atoms with Crippen LogP contribution in [0, 0.1) is 0 Å². The summed E-state index contributed by atoms with van der Waals surface area (Å²) >= 11 is 0.181. The molecule has 0 bridgehead atoms. The Morgan fingerprint density at radius 3 is 1.75 bits per heavy atom. The molecule has 0 aliphatic carbocycles. The average molecular weight is 128 g/mol. The number of hydrogen-bond acceptors (Lipinski definition) is 0. The van der Waals surface area contributed by atoms with E-state index in [9.17, 15) is 0 Å². The molecule has 1 atom stereocenters. The average Bonchev–Trinajstić information content (AvgIpc) is 0.918. The van der Waals surface area contributed by atoms with Gasteiger partial charge in [-0.3, -0.25) is 0 Å². The SMILES string of the molecule is [NaH].[SiH3][Ca][PH2]. The van der Waals surface area contributed by atoms with Crippen molar-refractivity contribution in [1.82, 2.24) is 0 Å². The molecule has 0 aliphatic rings. The summed E-state index contributed by atoms with van der Waals surface area (Å²) in [5.74, 6) is 0. The van der Waals surface area contributed by atoms with Gasteiger partial charge in [0.05, 0.1) is 0 Å². The molecule has 0 aromatic rings. The minimum atomic E-state index is 0. The van der Waals surface area contributed by atoms with Crippen LogP contribution in [0.5, 0.6) is 0 Å². The maximum absolute atomic E-state index is 2.83. The van der Waals surface area contributed by atoms with Crippen LogP contribution in [0.15, 0.2) is 0 Å². The first-order valence-corrected chi connectivity index (χ1v) is 13.8. The van der Waals surface area contributed by atoms with Crippen LogP contribution in [0.3, 0.4) is 0 Å². The van der Waals surface area contributed by atoms with Gasteiger partial charge in [0, 0.05) is 0 Å². The van der Waals surface area contributed by atoms with Crippen molar-refractivity contribution < 1.29 is 0 Å². The van der Waals surface area contributed by atoms with E-state index in [0.717, 1.165) is 0 Å². The van der Waals surface area contributed by atoms with Gasteiger partial charge in [0.2, 0.25) is 0 Å². The fourth-order valence-electron chi connectivity index (χ4n) is 0. The second-order valence-corrected chi connectivity index (χ2v) is 15.1. The van der Waals surface area contributed by atoms with Gasteiger partial charge in [-0.1, -0.05) is 0 Å². The van der Waals surface area contributed by atoms with Gasteiger partial charge >= 0.3 is 71.6 Å². The first-order chi connectivity index (χ1) is 1.41. The molecule has 0 radical (unpaired) electrons. The Kier molecular flexibility index (Phi) is 23.3. The molecule has 0 aliphatic heterocycles. The van der Waals surface area contributed by atoms with Gasteiger partial charge in [0.25, 0.3) is 0 Å². The third kappa shape index (κ3) is 8.86. The van der Waals surface area contributed by atoms with Crippen molar-refractivity contribution in [2.24, 2.45) is 0 Å². The molecule has 0 saturated heterocycles. The van der Waals surface area contributed by atoms with E-state index in [4.69, 9.17) is 0 Å². The number of hydrogen-bond donors (Lipinski definition) is 0. The summed E-state index contributed by atoms with van der Waals surface area (Å²) in [5, 5.41) is 1.52. The van der Waals surface area contributed by atoms with E-state index < -0.39 is 0 Å². The zero-order chi connectivity index (χ0) is 2.71. The van der Waals surface area contributed by atoms with Crippen LogP contribution in [0.25, 0.3) is 0 Å². The second kappa shape index (κ2) is 9.32. The predicted molar refractivity (Wildman–Crippen MR) is 32.6 cm³/mol. The molecule has 4 heteroatoms. The first kappa shape index (κ1) is 10.0. The molecule has 1 unspecified atom stereocenters. The summed E-state index contributed by atoms with van der Waals surface area (Å²) in [7, 11) is 0. The molecule has 0 aromatic heterocycles. The number of rotatable bonds is 0. The Balaban J connectivity index is 0. The van der Waals surface area contributed by atoms with Gasteiger partial charge in [-0.25, -0.2) is 0 Å². The van der Waals surface area contributed by atoms with Crippen molar-refractivity contribution in [3.63, 3.8) is 0 Å². The van der Waals surface area contributed by atoms with E-state index in [1.807, 2.05) is 0 Å². The summed E-state index contributed by atoms with van der Waals surface area (Å²) in [6.45, 7) is 0. The molecule has 0 N–H and O–H groups in total. The third-order valence-corrected chi connectivity index (χ3v) is 0. The standard InChI is InChI=1S/Ca.Na.H2P.H3Si.H/h;;1H2;1H3;/q+1;;-1;;. The van der Waals surface area contributed by atoms with Crippen molar-refractivity contribution >= 4 is 71.6 Å². The molecule has 0 fully saturated rings. The van der Waals surface area contributed by atoms with Gasteiger partial charge in [0.15, 0.2) is 0 Å². The molecule has 0 nitrogen and oxygen atoms in total. The second-order valence-electron chi connectivity index (χ2n) is 0.408. The molecular formula is H6CaNaPSi. The molecule has 0 amide bonds. The Morgan fingerprint density at radius 2 is 1.75 bits per heavy atom. The van der Waals surface area contributed by atoms with Crippen LogP contribution < -0.4 is 0 Å². The van der Waals surface area contributed by atoms with E-state index in [-0.39, 0.29) is 61.6 Å². The van der Waals surface area contributed by atoms with Crippen molar-refractivity contribution in [2.75, 3.05) is 0 Å². The Labute approximate surface area is 69.9 Å². The van der Waals surface area contributed by atoms with Crippen LogP contribution in [-0.2, 0) is 0 Å². The van der Waals surface area contributed by atoms with E-state index >= 15 is 0 Å². The van der Waals surface area contributed by atoms with Gasteiger partial charge < -0.3 is 0 Å². The molecular weight excluding hydrogens is 122 g/mol. The summed E-state index contributed by atoms with van der Waals surface area (Å²) < 4.78 is 2.83. The molecule has 0 rings (SSSR count). The normalized spacial score (nSPS) is 3.25. The monoisotopic (exact) mass is 128 g/mol. The third-order valence-electron chi connectivity index (χ3n) is 0. The molecule has 4 heavy (non-hydrogen) atoms. The van der Waals surface area contributed by atoms with Gasteiger partial charge in [-0.15, -0.1) is 0 Å². The van der Waals surface area contributed by atoms with Gasteiger partial charge in [0.1, 0.15) is 0 Å². The zero-order valence-corrected chi connectivity index (χ0v) is 7.65. The van der Waals surface area contributed by atoms with Crippen LogP contribution in [-0.4, -0.2) is 67.0 Å². The van der Waals surface area contributed by atoms with E-state index in [1.54, 1.807) is 0 Å². The molecule has 0 aromatic carbocycles. The fourth-order valence-corrected chi connectivity index (χ4v) is 0. The molecule has 18 valence electrons. The van der Waals surface area contributed by atoms with Crippen molar-refractivity contribution in [3.8, 4) is 0 Å². The van der Waals surface area contributed by atoms with Gasteiger partial charge in [-0.05, 0) is 0 Å². The van der Waals surface area contributed by atoms with Gasteiger partial charge in [-0.2, -0.15) is 0 Å². The summed E-state index contributed by atoms with van der Waals surface area (Å²) in [6.07, 6.45) is 0. The molecule has 0 spiro atoms. The van der Waals surface area contributed by atoms with Crippen molar-refractivity contribution in [3.05, 3.63) is 0 Å². The summed E-state index contributed by atoms with van der Waals surface area (Å²) in [6, 6.07) is 0. The maximum atomic E-state index is 2.83. The topological polar surface area (TPSA) is 0 Å². The fraction of sp³-hybridized carbons (Fsp3) is 0. The van der Waals surface area contributed by atoms with Crippen LogP contribution in [0.4, 0.5) is 0 Å². The Bertz CT molecular complexity index is 8.00. The van der Waals surface area contributed by atoms with Crippen LogP contribution in [0.1, 0.15) is 0 Å². The summed E-state index contributed by atoms with van der Waals surface area (Å²) in [4.78, 5) is 0. The van der Waals surface area contributed by atoms with Crippen LogP contribution >= 0.6 is 4.65 Å². The summed E-state index contributed by atoms with van der Waals surface area (Å²) in [5.41, 5.74) is 0. The minimum absolute atomic E-state index is 0. The Morgan fingerprint density at radius 1 is 1.75 bits per heavy atom. The van der Waals surface area contributed by atoms with Crippen molar-refractivity contribution in [1.29, 1.82) is 0 Å². The quantitative estimate of drug-likeness (QED) is 0.264. The predicted octanol–water partition coefficient (Wildman–Crippen LogP) is -1.89. The molecule has 0 saturated carbocycles. The van der Waals surface area contributed by atoms with E-state index in [0.29, 0.717) is 0 Å². The first-order valence-electron chi connectivity index (χ1n) is 1.12. The van der Waals surface area contributed by atoms with E-state index in [2.05, 4.69) is 4.65 Å². The zero-order valence-electron chi connectivity index (χ0n) is 2.28. The molecule has 0 heterocycles. The van der Waals surface area contributed by atoms with Crippen molar-refractivity contribution in [2.45, 2.75) is 0 Å².